The summed E-state index contributed by atoms with van der Waals surface area (Å²) in [4.78, 5) is 12.6. The Morgan fingerprint density at radius 1 is 1.39 bits per heavy atom. The summed E-state index contributed by atoms with van der Waals surface area (Å²) in [5.74, 6) is 0.965. The molecule has 3 atom stereocenters. The van der Waals surface area contributed by atoms with Crippen molar-refractivity contribution < 1.29 is 4.79 Å². The Morgan fingerprint density at radius 2 is 2.11 bits per heavy atom. The van der Waals surface area contributed by atoms with E-state index in [2.05, 4.69) is 18.4 Å². The van der Waals surface area contributed by atoms with Gasteiger partial charge in [-0.2, -0.15) is 17.0 Å². The standard InChI is InChI=1S/C22H26Cl2N2OS/c1-14(12-28-15(2)18-4-3-17(23)10-19(18)24)20(27)9-16-5-7-22(8-6-16)11-21(22)26-13-25/h3-4,9-10,14-15,21,26H,5-8,11-12H2,1-2H3. The molecule has 2 fully saturated rings. The summed E-state index contributed by atoms with van der Waals surface area (Å²) in [6.45, 7) is 4.11. The lowest BCUT2D eigenvalue weighted by molar-refractivity contribution is -0.117. The summed E-state index contributed by atoms with van der Waals surface area (Å²) in [6.07, 6.45) is 9.17. The van der Waals surface area contributed by atoms with Crippen LogP contribution in [0.25, 0.3) is 0 Å². The van der Waals surface area contributed by atoms with Crippen LogP contribution in [0.4, 0.5) is 0 Å². The highest BCUT2D eigenvalue weighted by atomic mass is 35.5. The van der Waals surface area contributed by atoms with Gasteiger partial charge in [-0.25, -0.2) is 0 Å². The molecule has 3 unspecified atom stereocenters. The van der Waals surface area contributed by atoms with Gasteiger partial charge in [0.15, 0.2) is 12.0 Å². The molecule has 3 rings (SSSR count). The molecule has 0 heterocycles. The lowest BCUT2D eigenvalue weighted by Crippen LogP contribution is -2.21. The van der Waals surface area contributed by atoms with Crippen molar-refractivity contribution in [3.63, 3.8) is 0 Å². The van der Waals surface area contributed by atoms with Gasteiger partial charge in [-0.05, 0) is 68.2 Å². The first-order chi connectivity index (χ1) is 13.3. The van der Waals surface area contributed by atoms with Crippen LogP contribution in [0.15, 0.2) is 29.8 Å². The molecule has 0 radical (unpaired) electrons. The van der Waals surface area contributed by atoms with Crippen molar-refractivity contribution in [3.05, 3.63) is 45.5 Å². The number of benzene rings is 1. The van der Waals surface area contributed by atoms with E-state index in [9.17, 15) is 4.79 Å². The molecule has 0 aromatic heterocycles. The number of nitrogens with one attached hydrogen (secondary N) is 1. The fourth-order valence-corrected chi connectivity index (χ4v) is 5.79. The first-order valence-corrected chi connectivity index (χ1v) is 11.6. The minimum atomic E-state index is -0.0177. The molecule has 0 saturated heterocycles. The van der Waals surface area contributed by atoms with Gasteiger partial charge in [-0.3, -0.25) is 4.79 Å². The van der Waals surface area contributed by atoms with E-state index in [1.807, 2.05) is 25.1 Å². The Hall–Kier alpha value is -1.15. The summed E-state index contributed by atoms with van der Waals surface area (Å²) in [6, 6.07) is 5.93. The van der Waals surface area contributed by atoms with Gasteiger partial charge in [0.25, 0.3) is 0 Å². The van der Waals surface area contributed by atoms with Crippen molar-refractivity contribution in [3.8, 4) is 6.19 Å². The number of nitrogens with zero attached hydrogens (tertiary/aromatic N) is 1. The van der Waals surface area contributed by atoms with Crippen molar-refractivity contribution in [1.82, 2.24) is 5.32 Å². The normalized spacial score (nSPS) is 25.7. The summed E-state index contributed by atoms with van der Waals surface area (Å²) < 4.78 is 0. The molecule has 0 aliphatic heterocycles. The topological polar surface area (TPSA) is 52.9 Å². The Kier molecular flexibility index (Phi) is 7.02. The third-order valence-corrected chi connectivity index (χ3v) is 8.15. The van der Waals surface area contributed by atoms with Gasteiger partial charge in [0.1, 0.15) is 0 Å². The third kappa shape index (κ3) is 5.06. The second kappa shape index (κ2) is 9.11. The lowest BCUT2D eigenvalue weighted by atomic mass is 9.82. The smallest absolute Gasteiger partial charge is 0.176 e. The number of hydrogen-bond donors (Lipinski definition) is 1. The summed E-state index contributed by atoms with van der Waals surface area (Å²) in [5, 5.41) is 13.2. The van der Waals surface area contributed by atoms with Crippen LogP contribution >= 0.6 is 35.0 Å². The number of ketones is 1. The van der Waals surface area contributed by atoms with Crippen molar-refractivity contribution >= 4 is 40.7 Å². The first-order valence-electron chi connectivity index (χ1n) is 9.79. The minimum absolute atomic E-state index is 0.0177. The molecular formula is C22H26Cl2N2OS. The minimum Gasteiger partial charge on any atom is -0.320 e. The van der Waals surface area contributed by atoms with E-state index >= 15 is 0 Å². The second-order valence-electron chi connectivity index (χ2n) is 8.12. The van der Waals surface area contributed by atoms with Crippen LogP contribution < -0.4 is 5.32 Å². The average molecular weight is 437 g/mol. The van der Waals surface area contributed by atoms with E-state index in [1.54, 1.807) is 17.8 Å². The van der Waals surface area contributed by atoms with Crippen LogP contribution in [0, 0.1) is 22.8 Å². The van der Waals surface area contributed by atoms with Crippen LogP contribution in [0.1, 0.15) is 56.8 Å². The van der Waals surface area contributed by atoms with Gasteiger partial charge >= 0.3 is 0 Å². The van der Waals surface area contributed by atoms with E-state index in [4.69, 9.17) is 28.5 Å². The zero-order chi connectivity index (χ0) is 20.3. The highest BCUT2D eigenvalue weighted by Gasteiger charge is 2.54. The predicted molar refractivity (Wildman–Crippen MR) is 118 cm³/mol. The van der Waals surface area contributed by atoms with Crippen LogP contribution in [-0.4, -0.2) is 17.6 Å². The molecule has 0 amide bonds. The van der Waals surface area contributed by atoms with E-state index < -0.39 is 0 Å². The third-order valence-electron chi connectivity index (χ3n) is 6.15. The summed E-state index contributed by atoms with van der Waals surface area (Å²) >= 11 is 14.0. The lowest BCUT2D eigenvalue weighted by Gasteiger charge is -2.24. The second-order valence-corrected chi connectivity index (χ2v) is 10.3. The Bertz CT molecular complexity index is 807. The fourth-order valence-electron chi connectivity index (χ4n) is 4.03. The number of carbonyl (C=O) groups is 1. The van der Waals surface area contributed by atoms with E-state index in [1.165, 1.54) is 5.57 Å². The van der Waals surface area contributed by atoms with E-state index in [0.717, 1.165) is 43.4 Å². The van der Waals surface area contributed by atoms with Gasteiger partial charge in [0.2, 0.25) is 0 Å². The maximum absolute atomic E-state index is 12.6. The highest BCUT2D eigenvalue weighted by molar-refractivity contribution is 7.99. The van der Waals surface area contributed by atoms with E-state index in [0.29, 0.717) is 21.5 Å². The molecule has 1 aromatic rings. The molecule has 1 N–H and O–H groups in total. The molecule has 2 aliphatic carbocycles. The SMILES string of the molecule is CC(CSC(C)c1ccc(Cl)cc1Cl)C(=O)C=C1CCC2(CC1)CC2NC#N. The van der Waals surface area contributed by atoms with Crippen LogP contribution in [0.3, 0.4) is 0 Å². The fraction of sp³-hybridized carbons (Fsp3) is 0.545. The Morgan fingerprint density at radius 3 is 2.75 bits per heavy atom. The molecule has 1 aromatic carbocycles. The zero-order valence-corrected chi connectivity index (χ0v) is 18.6. The van der Waals surface area contributed by atoms with Crippen molar-refractivity contribution in [1.29, 1.82) is 5.26 Å². The quantitative estimate of drug-likeness (QED) is 0.308. The maximum Gasteiger partial charge on any atom is 0.176 e. The van der Waals surface area contributed by atoms with Crippen LogP contribution in [0.2, 0.25) is 10.0 Å². The number of rotatable bonds is 7. The number of hydrogen-bond acceptors (Lipinski definition) is 4. The molecular weight excluding hydrogens is 411 g/mol. The van der Waals surface area contributed by atoms with Gasteiger partial charge in [-0.1, -0.05) is 41.8 Å². The highest BCUT2D eigenvalue weighted by Crippen LogP contribution is 2.57. The van der Waals surface area contributed by atoms with Gasteiger partial charge in [0.05, 0.1) is 0 Å². The maximum atomic E-state index is 12.6. The van der Waals surface area contributed by atoms with Gasteiger partial charge < -0.3 is 5.32 Å². The molecule has 2 aliphatic rings. The van der Waals surface area contributed by atoms with Crippen molar-refractivity contribution in [2.75, 3.05) is 5.75 Å². The number of nitriles is 1. The molecule has 1 spiro atoms. The largest absolute Gasteiger partial charge is 0.320 e. The van der Waals surface area contributed by atoms with Crippen molar-refractivity contribution in [2.45, 2.75) is 57.2 Å². The average Bonchev–Trinajstić information content (AvgIpc) is 3.33. The number of allylic oxidation sites excluding steroid dienone is 2. The molecule has 6 heteroatoms. The Labute approximate surface area is 181 Å². The monoisotopic (exact) mass is 436 g/mol. The number of carbonyl (C=O) groups excluding carboxylic acids is 1. The molecule has 150 valence electrons. The molecule has 2 saturated carbocycles. The summed E-state index contributed by atoms with van der Waals surface area (Å²) in [5.41, 5.74) is 2.63. The predicted octanol–water partition coefficient (Wildman–Crippen LogP) is 6.32. The number of halogens is 2. The first kappa shape index (κ1) is 21.6. The van der Waals surface area contributed by atoms with Crippen molar-refractivity contribution in [2.24, 2.45) is 11.3 Å². The van der Waals surface area contributed by atoms with Gasteiger partial charge in [-0.15, -0.1) is 0 Å². The summed E-state index contributed by atoms with van der Waals surface area (Å²) in [7, 11) is 0. The number of thioether (sulfide) groups is 1. The van der Waals surface area contributed by atoms with Gasteiger partial charge in [0, 0.05) is 33.0 Å². The van der Waals surface area contributed by atoms with E-state index in [-0.39, 0.29) is 17.0 Å². The molecule has 28 heavy (non-hydrogen) atoms. The molecule has 0 bridgehead atoms. The Balaban J connectivity index is 1.47. The zero-order valence-electron chi connectivity index (χ0n) is 16.3. The van der Waals surface area contributed by atoms with Crippen LogP contribution in [-0.2, 0) is 4.79 Å². The van der Waals surface area contributed by atoms with Crippen LogP contribution in [0.5, 0.6) is 0 Å². The molecule has 3 nitrogen and oxygen atoms in total.